The van der Waals surface area contributed by atoms with Gasteiger partial charge in [0.05, 0.1) is 17.7 Å². The Hall–Kier alpha value is -2.98. The molecule has 26 heavy (non-hydrogen) atoms. The molecule has 1 aliphatic rings. The molecule has 0 radical (unpaired) electrons. The van der Waals surface area contributed by atoms with Crippen LogP contribution in [0.5, 0.6) is 5.75 Å². The molecule has 7 heteroatoms. The van der Waals surface area contributed by atoms with Crippen LogP contribution in [0, 0.1) is 23.0 Å². The summed E-state index contributed by atoms with van der Waals surface area (Å²) in [6.07, 6.45) is -1.14. The number of fused-ring (bicyclic) bond motifs is 1. The fourth-order valence-electron chi connectivity index (χ4n) is 2.96. The molecule has 2 aromatic rings. The van der Waals surface area contributed by atoms with Gasteiger partial charge in [-0.05, 0) is 50.2 Å². The summed E-state index contributed by atoms with van der Waals surface area (Å²) in [4.78, 5) is 12.4. The molecule has 0 saturated carbocycles. The number of aliphatic hydroxyl groups excluding tert-OH is 1. The zero-order chi connectivity index (χ0) is 19.1. The number of hydrogen-bond donors (Lipinski definition) is 2. The topological polar surface area (TPSA) is 82.3 Å². The number of benzene rings is 2. The van der Waals surface area contributed by atoms with Gasteiger partial charge < -0.3 is 15.2 Å². The van der Waals surface area contributed by atoms with Gasteiger partial charge in [-0.2, -0.15) is 5.26 Å². The molecule has 134 valence electrons. The Bertz CT molecular complexity index is 921. The van der Waals surface area contributed by atoms with Crippen LogP contribution < -0.4 is 10.1 Å². The summed E-state index contributed by atoms with van der Waals surface area (Å²) in [5.74, 6) is -2.45. The number of nitrogens with zero attached hydrogens (tertiary/aromatic N) is 1. The summed E-state index contributed by atoms with van der Waals surface area (Å²) in [5.41, 5.74) is -0.339. The molecule has 2 aromatic carbocycles. The first-order chi connectivity index (χ1) is 12.2. The lowest BCUT2D eigenvalue weighted by molar-refractivity contribution is -0.0253. The second kappa shape index (κ2) is 6.39. The van der Waals surface area contributed by atoms with E-state index in [4.69, 9.17) is 10.00 Å². The molecule has 0 spiro atoms. The molecule has 0 aliphatic carbocycles. The van der Waals surface area contributed by atoms with Crippen LogP contribution in [0.4, 0.5) is 8.78 Å². The highest BCUT2D eigenvalue weighted by molar-refractivity contribution is 5.94. The number of carbonyl (C=O) groups is 1. The summed E-state index contributed by atoms with van der Waals surface area (Å²) in [5, 5.41) is 22.4. The quantitative estimate of drug-likeness (QED) is 0.865. The monoisotopic (exact) mass is 358 g/mol. The van der Waals surface area contributed by atoms with Crippen molar-refractivity contribution in [1.29, 1.82) is 5.26 Å². The highest BCUT2D eigenvalue weighted by Gasteiger charge is 2.44. The molecule has 1 heterocycles. The van der Waals surface area contributed by atoms with Gasteiger partial charge in [0.15, 0.2) is 11.6 Å². The first kappa shape index (κ1) is 17.8. The maximum absolute atomic E-state index is 13.4. The van der Waals surface area contributed by atoms with Crippen LogP contribution in [0.1, 0.15) is 41.4 Å². The van der Waals surface area contributed by atoms with Crippen LogP contribution in [-0.2, 0) is 0 Å². The van der Waals surface area contributed by atoms with Gasteiger partial charge >= 0.3 is 0 Å². The van der Waals surface area contributed by atoms with Crippen molar-refractivity contribution < 1.29 is 23.4 Å². The highest BCUT2D eigenvalue weighted by atomic mass is 19.2. The predicted octanol–water partition coefficient (Wildman–Crippen LogP) is 2.84. The van der Waals surface area contributed by atoms with Gasteiger partial charge in [-0.1, -0.05) is 0 Å². The number of rotatable bonds is 2. The summed E-state index contributed by atoms with van der Waals surface area (Å²) in [6.45, 7) is 3.38. The highest BCUT2D eigenvalue weighted by Crippen LogP contribution is 2.40. The number of aliphatic hydroxyl groups is 1. The SMILES string of the molecule is CC1(C)Oc2ccc(C#N)cc2[C@H](O)[C@H]1NC(=O)c1ccc(F)c(F)c1. The van der Waals surface area contributed by atoms with Crippen molar-refractivity contribution in [2.24, 2.45) is 0 Å². The van der Waals surface area contributed by atoms with Crippen LogP contribution >= 0.6 is 0 Å². The molecule has 0 aromatic heterocycles. The lowest BCUT2D eigenvalue weighted by Crippen LogP contribution is -2.57. The van der Waals surface area contributed by atoms with Crippen molar-refractivity contribution in [3.63, 3.8) is 0 Å². The van der Waals surface area contributed by atoms with Crippen molar-refractivity contribution in [2.45, 2.75) is 31.6 Å². The van der Waals surface area contributed by atoms with E-state index in [1.807, 2.05) is 6.07 Å². The Kier molecular flexibility index (Phi) is 4.38. The summed E-state index contributed by atoms with van der Waals surface area (Å²) >= 11 is 0. The van der Waals surface area contributed by atoms with E-state index in [-0.39, 0.29) is 5.56 Å². The minimum absolute atomic E-state index is 0.0801. The molecule has 0 bridgehead atoms. The maximum atomic E-state index is 13.4. The summed E-state index contributed by atoms with van der Waals surface area (Å²) in [6, 6.07) is 8.56. The fourth-order valence-corrected chi connectivity index (χ4v) is 2.96. The lowest BCUT2D eigenvalue weighted by atomic mass is 9.85. The Balaban J connectivity index is 1.91. The van der Waals surface area contributed by atoms with Crippen LogP contribution in [0.2, 0.25) is 0 Å². The number of carbonyl (C=O) groups excluding carboxylic acids is 1. The normalized spacial score (nSPS) is 20.5. The van der Waals surface area contributed by atoms with Gasteiger partial charge in [0.1, 0.15) is 17.5 Å². The average Bonchev–Trinajstić information content (AvgIpc) is 2.60. The van der Waals surface area contributed by atoms with Gasteiger partial charge in [-0.25, -0.2) is 8.78 Å². The molecule has 1 aliphatic heterocycles. The van der Waals surface area contributed by atoms with Crippen molar-refractivity contribution in [1.82, 2.24) is 5.32 Å². The van der Waals surface area contributed by atoms with Crippen LogP contribution in [0.3, 0.4) is 0 Å². The van der Waals surface area contributed by atoms with E-state index in [9.17, 15) is 18.7 Å². The first-order valence-electron chi connectivity index (χ1n) is 7.90. The van der Waals surface area contributed by atoms with E-state index in [1.165, 1.54) is 6.07 Å². The summed E-state index contributed by atoms with van der Waals surface area (Å²) < 4.78 is 32.3. The minimum atomic E-state index is -1.14. The molecule has 0 unspecified atom stereocenters. The zero-order valence-corrected chi connectivity index (χ0v) is 14.1. The third-order valence-electron chi connectivity index (χ3n) is 4.36. The fraction of sp³-hybridized carbons (Fsp3) is 0.263. The molecule has 2 atom stereocenters. The second-order valence-corrected chi connectivity index (χ2v) is 6.59. The van der Waals surface area contributed by atoms with Gasteiger partial charge in [0.2, 0.25) is 0 Å². The molecule has 0 saturated heterocycles. The Morgan fingerprint density at radius 3 is 2.62 bits per heavy atom. The van der Waals surface area contributed by atoms with E-state index >= 15 is 0 Å². The maximum Gasteiger partial charge on any atom is 0.251 e. The van der Waals surface area contributed by atoms with Crippen LogP contribution in [0.15, 0.2) is 36.4 Å². The average molecular weight is 358 g/mol. The number of amides is 1. The van der Waals surface area contributed by atoms with Gasteiger partial charge in [-0.3, -0.25) is 4.79 Å². The third-order valence-corrected chi connectivity index (χ3v) is 4.36. The van der Waals surface area contributed by atoms with E-state index in [0.717, 1.165) is 18.2 Å². The van der Waals surface area contributed by atoms with Crippen LogP contribution in [-0.4, -0.2) is 22.7 Å². The minimum Gasteiger partial charge on any atom is -0.485 e. The molecule has 3 rings (SSSR count). The molecular weight excluding hydrogens is 342 g/mol. The molecule has 1 amide bonds. The summed E-state index contributed by atoms with van der Waals surface area (Å²) in [7, 11) is 0. The van der Waals surface area contributed by atoms with Crippen molar-refractivity contribution in [2.75, 3.05) is 0 Å². The Morgan fingerprint density at radius 2 is 1.96 bits per heavy atom. The van der Waals surface area contributed by atoms with Crippen molar-refractivity contribution in [3.05, 3.63) is 64.7 Å². The largest absolute Gasteiger partial charge is 0.485 e. The molecule has 2 N–H and O–H groups in total. The second-order valence-electron chi connectivity index (χ2n) is 6.59. The lowest BCUT2D eigenvalue weighted by Gasteiger charge is -2.43. The van der Waals surface area contributed by atoms with Gasteiger partial charge in [0, 0.05) is 11.1 Å². The Morgan fingerprint density at radius 1 is 1.23 bits per heavy atom. The third kappa shape index (κ3) is 3.11. The molecule has 5 nitrogen and oxygen atoms in total. The smallest absolute Gasteiger partial charge is 0.251 e. The standard InChI is InChI=1S/C19H16F2N2O3/c1-19(2)17(23-18(25)11-4-5-13(20)14(21)8-11)16(24)12-7-10(9-22)3-6-15(12)26-19/h3-8,16-17,24H,1-2H3,(H,23,25)/t16-,17+/m0/s1. The van der Waals surface area contributed by atoms with E-state index in [0.29, 0.717) is 16.9 Å². The van der Waals surface area contributed by atoms with E-state index in [1.54, 1.807) is 26.0 Å². The van der Waals surface area contributed by atoms with Crippen molar-refractivity contribution >= 4 is 5.91 Å². The Labute approximate surface area is 148 Å². The predicted molar refractivity (Wildman–Crippen MR) is 88.4 cm³/mol. The van der Waals surface area contributed by atoms with Gasteiger partial charge in [0.25, 0.3) is 5.91 Å². The van der Waals surface area contributed by atoms with Crippen molar-refractivity contribution in [3.8, 4) is 11.8 Å². The number of nitrogens with one attached hydrogen (secondary N) is 1. The first-order valence-corrected chi connectivity index (χ1v) is 7.90. The zero-order valence-electron chi connectivity index (χ0n) is 14.1. The molecule has 0 fully saturated rings. The number of hydrogen-bond acceptors (Lipinski definition) is 4. The van der Waals surface area contributed by atoms with E-state index in [2.05, 4.69) is 5.32 Å². The number of nitriles is 1. The molecular formula is C19H16F2N2O3. The van der Waals surface area contributed by atoms with Crippen LogP contribution in [0.25, 0.3) is 0 Å². The number of halogens is 2. The van der Waals surface area contributed by atoms with Gasteiger partial charge in [-0.15, -0.1) is 0 Å². The number of ether oxygens (including phenoxy) is 1. The van der Waals surface area contributed by atoms with E-state index < -0.39 is 35.3 Å².